The van der Waals surface area contributed by atoms with Crippen molar-refractivity contribution in [3.8, 4) is 10.6 Å². The zero-order valence-electron chi connectivity index (χ0n) is 13.1. The molecule has 0 saturated heterocycles. The fraction of sp³-hybridized carbons (Fsp3) is 0.333. The Kier molecular flexibility index (Phi) is 6.50. The van der Waals surface area contributed by atoms with Crippen molar-refractivity contribution in [2.45, 2.75) is 24.8 Å². The largest absolute Gasteiger partial charge is 0.369 e. The standard InChI is InChI=1S/C15H18BrN3O3S2/c1-2-3-8-19(9-13(17)20)24(21,22)14-10-23-15(18-14)11-4-6-12(16)7-5-11/h4-7,10H,2-3,8-9H2,1H3,(H2,17,20). The van der Waals surface area contributed by atoms with Gasteiger partial charge in [-0.1, -0.05) is 41.4 Å². The molecule has 2 aromatic rings. The first kappa shape index (κ1) is 19.0. The third-order valence-corrected chi connectivity index (χ3v) is 6.57. The van der Waals surface area contributed by atoms with E-state index in [9.17, 15) is 13.2 Å². The summed E-state index contributed by atoms with van der Waals surface area (Å²) in [4.78, 5) is 15.4. The number of thiazole rings is 1. The molecule has 0 saturated carbocycles. The lowest BCUT2D eigenvalue weighted by atomic mass is 10.2. The Morgan fingerprint density at radius 3 is 2.58 bits per heavy atom. The number of unbranched alkanes of at least 4 members (excludes halogenated alkanes) is 1. The lowest BCUT2D eigenvalue weighted by Gasteiger charge is -2.19. The van der Waals surface area contributed by atoms with Crippen LogP contribution in [0.15, 0.2) is 39.1 Å². The molecule has 0 aliphatic carbocycles. The number of primary amides is 1. The summed E-state index contributed by atoms with van der Waals surface area (Å²) in [5.41, 5.74) is 6.02. The van der Waals surface area contributed by atoms with Gasteiger partial charge in [-0.2, -0.15) is 4.31 Å². The van der Waals surface area contributed by atoms with Crippen molar-refractivity contribution >= 4 is 43.2 Å². The minimum Gasteiger partial charge on any atom is -0.369 e. The number of halogens is 1. The highest BCUT2D eigenvalue weighted by Crippen LogP contribution is 2.28. The highest BCUT2D eigenvalue weighted by Gasteiger charge is 2.28. The summed E-state index contributed by atoms with van der Waals surface area (Å²) < 4.78 is 27.5. The predicted octanol–water partition coefficient (Wildman–Crippen LogP) is 2.85. The molecule has 0 atom stereocenters. The van der Waals surface area contributed by atoms with E-state index in [-0.39, 0.29) is 18.1 Å². The van der Waals surface area contributed by atoms with Crippen LogP contribution in [0.4, 0.5) is 0 Å². The second kappa shape index (κ2) is 8.19. The number of nitrogens with two attached hydrogens (primary N) is 1. The number of amides is 1. The second-order valence-corrected chi connectivity index (χ2v) is 8.81. The van der Waals surface area contributed by atoms with Crippen LogP contribution in [0.2, 0.25) is 0 Å². The quantitative estimate of drug-likeness (QED) is 0.694. The Hall–Kier alpha value is -1.29. The maximum atomic E-state index is 12.7. The van der Waals surface area contributed by atoms with Crippen LogP contribution < -0.4 is 5.73 Å². The van der Waals surface area contributed by atoms with Gasteiger partial charge in [0.2, 0.25) is 5.91 Å². The monoisotopic (exact) mass is 431 g/mol. The average molecular weight is 432 g/mol. The number of rotatable bonds is 8. The number of benzene rings is 1. The maximum Gasteiger partial charge on any atom is 0.261 e. The maximum absolute atomic E-state index is 12.7. The van der Waals surface area contributed by atoms with E-state index in [0.29, 0.717) is 11.4 Å². The third-order valence-electron chi connectivity index (χ3n) is 3.27. The third kappa shape index (κ3) is 4.62. The van der Waals surface area contributed by atoms with E-state index in [1.54, 1.807) is 0 Å². The number of aromatic nitrogens is 1. The summed E-state index contributed by atoms with van der Waals surface area (Å²) in [6.07, 6.45) is 1.46. The molecule has 9 heteroatoms. The van der Waals surface area contributed by atoms with Crippen molar-refractivity contribution in [2.75, 3.05) is 13.1 Å². The molecule has 6 nitrogen and oxygen atoms in total. The molecule has 0 aliphatic heterocycles. The predicted molar refractivity (Wildman–Crippen MR) is 98.1 cm³/mol. The molecule has 0 radical (unpaired) electrons. The van der Waals surface area contributed by atoms with Crippen molar-refractivity contribution < 1.29 is 13.2 Å². The van der Waals surface area contributed by atoms with E-state index in [2.05, 4.69) is 20.9 Å². The summed E-state index contributed by atoms with van der Waals surface area (Å²) in [5.74, 6) is -0.682. The molecular weight excluding hydrogens is 414 g/mol. The van der Waals surface area contributed by atoms with Gasteiger partial charge in [0.25, 0.3) is 10.0 Å². The van der Waals surface area contributed by atoms with Gasteiger partial charge in [0.15, 0.2) is 5.03 Å². The van der Waals surface area contributed by atoms with Gasteiger partial charge in [0, 0.05) is 22.0 Å². The Labute approximate surface area is 153 Å². The normalized spacial score (nSPS) is 11.8. The Morgan fingerprint density at radius 2 is 2.00 bits per heavy atom. The summed E-state index contributed by atoms with van der Waals surface area (Å²) in [5, 5.41) is 2.05. The van der Waals surface area contributed by atoms with E-state index >= 15 is 0 Å². The zero-order chi connectivity index (χ0) is 17.7. The molecule has 0 unspecified atom stereocenters. The minimum atomic E-state index is -3.84. The van der Waals surface area contributed by atoms with Crippen LogP contribution in [0.1, 0.15) is 19.8 Å². The van der Waals surface area contributed by atoms with Crippen molar-refractivity contribution in [3.63, 3.8) is 0 Å². The van der Waals surface area contributed by atoms with Crippen molar-refractivity contribution in [1.29, 1.82) is 0 Å². The summed E-state index contributed by atoms with van der Waals surface area (Å²) in [7, 11) is -3.84. The molecule has 130 valence electrons. The number of carbonyl (C=O) groups is 1. The highest BCUT2D eigenvalue weighted by molar-refractivity contribution is 9.10. The minimum absolute atomic E-state index is 0.0530. The molecule has 0 aliphatic rings. The van der Waals surface area contributed by atoms with Gasteiger partial charge >= 0.3 is 0 Å². The molecule has 1 amide bonds. The van der Waals surface area contributed by atoms with Gasteiger partial charge in [0.1, 0.15) is 5.01 Å². The van der Waals surface area contributed by atoms with E-state index < -0.39 is 15.9 Å². The fourth-order valence-electron chi connectivity index (χ4n) is 2.03. The molecule has 1 aromatic carbocycles. The van der Waals surface area contributed by atoms with E-state index in [1.807, 2.05) is 31.2 Å². The first-order valence-electron chi connectivity index (χ1n) is 7.34. The van der Waals surface area contributed by atoms with Gasteiger partial charge in [-0.25, -0.2) is 13.4 Å². The Morgan fingerprint density at radius 1 is 1.33 bits per heavy atom. The van der Waals surface area contributed by atoms with E-state index in [4.69, 9.17) is 5.73 Å². The van der Waals surface area contributed by atoms with Crippen LogP contribution in [-0.4, -0.2) is 36.7 Å². The first-order chi connectivity index (χ1) is 11.3. The van der Waals surface area contributed by atoms with Gasteiger partial charge in [-0.3, -0.25) is 4.79 Å². The van der Waals surface area contributed by atoms with Crippen LogP contribution >= 0.6 is 27.3 Å². The van der Waals surface area contributed by atoms with Gasteiger partial charge < -0.3 is 5.73 Å². The Balaban J connectivity index is 2.30. The number of carbonyl (C=O) groups excluding carboxylic acids is 1. The number of sulfonamides is 1. The summed E-state index contributed by atoms with van der Waals surface area (Å²) in [6.45, 7) is 1.85. The van der Waals surface area contributed by atoms with Gasteiger partial charge in [-0.15, -0.1) is 11.3 Å². The molecule has 0 fully saturated rings. The lowest BCUT2D eigenvalue weighted by molar-refractivity contribution is -0.118. The fourth-order valence-corrected chi connectivity index (χ4v) is 4.81. The molecular formula is C15H18BrN3O3S2. The van der Waals surface area contributed by atoms with Crippen LogP contribution in [0.3, 0.4) is 0 Å². The van der Waals surface area contributed by atoms with Gasteiger partial charge in [0.05, 0.1) is 6.54 Å². The molecule has 0 spiro atoms. The SMILES string of the molecule is CCCCN(CC(N)=O)S(=O)(=O)c1csc(-c2ccc(Br)cc2)n1. The van der Waals surface area contributed by atoms with Crippen molar-refractivity contribution in [2.24, 2.45) is 5.73 Å². The van der Waals surface area contributed by atoms with Crippen LogP contribution in [-0.2, 0) is 14.8 Å². The molecule has 0 bridgehead atoms. The molecule has 24 heavy (non-hydrogen) atoms. The molecule has 1 heterocycles. The topological polar surface area (TPSA) is 93.4 Å². The molecule has 2 rings (SSSR count). The second-order valence-electron chi connectivity index (χ2n) is 5.16. The molecule has 2 N–H and O–H groups in total. The molecule has 1 aromatic heterocycles. The Bertz CT molecular complexity index is 804. The van der Waals surface area contributed by atoms with Crippen LogP contribution in [0.5, 0.6) is 0 Å². The zero-order valence-corrected chi connectivity index (χ0v) is 16.3. The highest BCUT2D eigenvalue weighted by atomic mass is 79.9. The summed E-state index contributed by atoms with van der Waals surface area (Å²) >= 11 is 4.60. The number of hydrogen-bond donors (Lipinski definition) is 1. The van der Waals surface area contributed by atoms with E-state index in [1.165, 1.54) is 16.7 Å². The smallest absolute Gasteiger partial charge is 0.261 e. The van der Waals surface area contributed by atoms with Crippen LogP contribution in [0.25, 0.3) is 10.6 Å². The van der Waals surface area contributed by atoms with Crippen LogP contribution in [0, 0.1) is 0 Å². The van der Waals surface area contributed by atoms with Crippen molar-refractivity contribution in [1.82, 2.24) is 9.29 Å². The number of hydrogen-bond acceptors (Lipinski definition) is 5. The average Bonchev–Trinajstić information content (AvgIpc) is 3.02. The van der Waals surface area contributed by atoms with Gasteiger partial charge in [-0.05, 0) is 18.6 Å². The first-order valence-corrected chi connectivity index (χ1v) is 10.5. The van der Waals surface area contributed by atoms with Crippen molar-refractivity contribution in [3.05, 3.63) is 34.1 Å². The lowest BCUT2D eigenvalue weighted by Crippen LogP contribution is -2.39. The van der Waals surface area contributed by atoms with E-state index in [0.717, 1.165) is 20.8 Å². The summed E-state index contributed by atoms with van der Waals surface area (Å²) in [6, 6.07) is 7.45. The number of nitrogens with zero attached hydrogens (tertiary/aromatic N) is 2.